The van der Waals surface area contributed by atoms with Gasteiger partial charge in [0.05, 0.1) is 12.7 Å². The van der Waals surface area contributed by atoms with E-state index >= 15 is 0 Å². The molecule has 1 aromatic carbocycles. The van der Waals surface area contributed by atoms with Crippen LogP contribution >= 0.6 is 0 Å². The number of nitrogens with two attached hydrogens (primary N) is 1. The largest absolute Gasteiger partial charge is 0.326 e. The van der Waals surface area contributed by atoms with Gasteiger partial charge in [-0.25, -0.2) is 4.39 Å². The topological polar surface area (TPSA) is 43.8 Å². The van der Waals surface area contributed by atoms with Gasteiger partial charge in [0.15, 0.2) is 0 Å². The highest BCUT2D eigenvalue weighted by Gasteiger charge is 2.04. The minimum atomic E-state index is -0.226. The molecule has 1 heterocycles. The second-order valence-electron chi connectivity index (χ2n) is 3.85. The van der Waals surface area contributed by atoms with Gasteiger partial charge in [-0.2, -0.15) is 5.10 Å². The zero-order chi connectivity index (χ0) is 11.5. The lowest BCUT2D eigenvalue weighted by Gasteiger charge is -2.05. The van der Waals surface area contributed by atoms with E-state index in [2.05, 4.69) is 5.10 Å². The Labute approximate surface area is 93.7 Å². The number of aromatic nitrogens is 2. The summed E-state index contributed by atoms with van der Waals surface area (Å²) in [6.45, 7) is 2.76. The summed E-state index contributed by atoms with van der Waals surface area (Å²) in [4.78, 5) is 0. The van der Waals surface area contributed by atoms with Gasteiger partial charge in [0.2, 0.25) is 0 Å². The predicted octanol–water partition coefficient (Wildman–Crippen LogP) is 1.84. The molecule has 2 N–H and O–H groups in total. The van der Waals surface area contributed by atoms with E-state index in [1.807, 2.05) is 19.2 Å². The lowest BCUT2D eigenvalue weighted by molar-refractivity contribution is 0.583. The molecule has 0 fully saturated rings. The third-order valence-corrected chi connectivity index (χ3v) is 2.45. The summed E-state index contributed by atoms with van der Waals surface area (Å²) in [6, 6.07) is 5.08. The van der Waals surface area contributed by atoms with Crippen LogP contribution in [0.15, 0.2) is 30.6 Å². The van der Waals surface area contributed by atoms with E-state index in [-0.39, 0.29) is 5.82 Å². The Morgan fingerprint density at radius 2 is 2.25 bits per heavy atom. The molecule has 0 spiro atoms. The van der Waals surface area contributed by atoms with Crippen molar-refractivity contribution in [2.45, 2.75) is 20.0 Å². The molecule has 0 unspecified atom stereocenters. The molecule has 0 aliphatic heterocycles. The number of halogens is 1. The second kappa shape index (κ2) is 4.45. The lowest BCUT2D eigenvalue weighted by atomic mass is 10.1. The first kappa shape index (κ1) is 10.8. The van der Waals surface area contributed by atoms with Crippen molar-refractivity contribution < 1.29 is 4.39 Å². The zero-order valence-electron chi connectivity index (χ0n) is 9.15. The molecule has 1 aromatic heterocycles. The number of rotatable bonds is 3. The number of benzene rings is 1. The van der Waals surface area contributed by atoms with E-state index in [1.165, 1.54) is 6.07 Å². The summed E-state index contributed by atoms with van der Waals surface area (Å²) in [7, 11) is 0. The molecule has 16 heavy (non-hydrogen) atoms. The molecule has 4 heteroatoms. The molecule has 2 aromatic rings. The molecule has 0 radical (unpaired) electrons. The molecule has 0 amide bonds. The van der Waals surface area contributed by atoms with Crippen molar-refractivity contribution in [1.82, 2.24) is 9.78 Å². The first-order valence-corrected chi connectivity index (χ1v) is 5.15. The van der Waals surface area contributed by atoms with Crippen molar-refractivity contribution in [2.24, 2.45) is 5.73 Å². The normalized spacial score (nSPS) is 10.7. The fraction of sp³-hybridized carbons (Fsp3) is 0.250. The quantitative estimate of drug-likeness (QED) is 0.856. The van der Waals surface area contributed by atoms with Gasteiger partial charge in [-0.15, -0.1) is 0 Å². The number of hydrogen-bond acceptors (Lipinski definition) is 2. The molecule has 0 aliphatic carbocycles. The standard InChI is InChI=1S/C12H14FN3/c1-9-6-15-16(7-9)8-11-3-2-10(5-14)4-12(11)13/h2-4,6-7H,5,8,14H2,1H3. The van der Waals surface area contributed by atoms with E-state index in [4.69, 9.17) is 5.73 Å². The summed E-state index contributed by atoms with van der Waals surface area (Å²) in [5.74, 6) is -0.226. The van der Waals surface area contributed by atoms with Gasteiger partial charge in [0.25, 0.3) is 0 Å². The molecule has 0 saturated carbocycles. The molecule has 3 nitrogen and oxygen atoms in total. The van der Waals surface area contributed by atoms with Crippen LogP contribution in [-0.2, 0) is 13.1 Å². The van der Waals surface area contributed by atoms with Gasteiger partial charge >= 0.3 is 0 Å². The minimum Gasteiger partial charge on any atom is -0.326 e. The van der Waals surface area contributed by atoms with Gasteiger partial charge in [0.1, 0.15) is 5.82 Å². The maximum Gasteiger partial charge on any atom is 0.128 e. The summed E-state index contributed by atoms with van der Waals surface area (Å²) >= 11 is 0. The molecule has 84 valence electrons. The van der Waals surface area contributed by atoms with Crippen molar-refractivity contribution in [3.63, 3.8) is 0 Å². The first-order chi connectivity index (χ1) is 7.69. The zero-order valence-corrected chi connectivity index (χ0v) is 9.15. The van der Waals surface area contributed by atoms with Crippen LogP contribution in [0.25, 0.3) is 0 Å². The van der Waals surface area contributed by atoms with Crippen LogP contribution in [0, 0.1) is 12.7 Å². The maximum atomic E-state index is 13.6. The Balaban J connectivity index is 2.21. The Bertz CT molecular complexity index is 491. The fourth-order valence-electron chi connectivity index (χ4n) is 1.57. The number of nitrogens with zero attached hydrogens (tertiary/aromatic N) is 2. The van der Waals surface area contributed by atoms with Crippen molar-refractivity contribution in [3.8, 4) is 0 Å². The van der Waals surface area contributed by atoms with E-state index in [9.17, 15) is 4.39 Å². The Morgan fingerprint density at radius 3 is 2.81 bits per heavy atom. The molecule has 0 bridgehead atoms. The van der Waals surface area contributed by atoms with E-state index in [0.717, 1.165) is 11.1 Å². The second-order valence-corrected chi connectivity index (χ2v) is 3.85. The van der Waals surface area contributed by atoms with Crippen LogP contribution in [0.4, 0.5) is 4.39 Å². The average molecular weight is 219 g/mol. The minimum absolute atomic E-state index is 0.226. The summed E-state index contributed by atoms with van der Waals surface area (Å²) in [5.41, 5.74) is 7.94. The Kier molecular flexibility index (Phi) is 3.01. The van der Waals surface area contributed by atoms with Crippen molar-refractivity contribution >= 4 is 0 Å². The van der Waals surface area contributed by atoms with Crippen molar-refractivity contribution in [2.75, 3.05) is 0 Å². The number of aryl methyl sites for hydroxylation is 1. The van der Waals surface area contributed by atoms with Gasteiger partial charge in [0, 0.05) is 18.3 Å². The van der Waals surface area contributed by atoms with Gasteiger partial charge in [-0.05, 0) is 24.1 Å². The molecular formula is C12H14FN3. The molecule has 0 saturated heterocycles. The molecule has 2 rings (SSSR count). The van der Waals surface area contributed by atoms with Crippen LogP contribution in [0.3, 0.4) is 0 Å². The lowest BCUT2D eigenvalue weighted by Crippen LogP contribution is -2.04. The predicted molar refractivity (Wildman–Crippen MR) is 60.4 cm³/mol. The van der Waals surface area contributed by atoms with Gasteiger partial charge in [-0.3, -0.25) is 4.68 Å². The molecular weight excluding hydrogens is 205 g/mol. The number of hydrogen-bond donors (Lipinski definition) is 1. The SMILES string of the molecule is Cc1cnn(Cc2ccc(CN)cc2F)c1. The van der Waals surface area contributed by atoms with Crippen LogP contribution in [0.5, 0.6) is 0 Å². The van der Waals surface area contributed by atoms with Gasteiger partial charge in [-0.1, -0.05) is 12.1 Å². The van der Waals surface area contributed by atoms with Crippen LogP contribution < -0.4 is 5.73 Å². The highest BCUT2D eigenvalue weighted by Crippen LogP contribution is 2.11. The monoisotopic (exact) mass is 219 g/mol. The highest BCUT2D eigenvalue weighted by atomic mass is 19.1. The maximum absolute atomic E-state index is 13.6. The molecule has 0 atom stereocenters. The van der Waals surface area contributed by atoms with Crippen molar-refractivity contribution in [3.05, 3.63) is 53.1 Å². The molecule has 0 aliphatic rings. The van der Waals surface area contributed by atoms with Crippen LogP contribution in [0.1, 0.15) is 16.7 Å². The fourth-order valence-corrected chi connectivity index (χ4v) is 1.57. The highest BCUT2D eigenvalue weighted by molar-refractivity contribution is 5.24. The first-order valence-electron chi connectivity index (χ1n) is 5.15. The Morgan fingerprint density at radius 1 is 1.44 bits per heavy atom. The van der Waals surface area contributed by atoms with Crippen LogP contribution in [0.2, 0.25) is 0 Å². The average Bonchev–Trinajstić information content (AvgIpc) is 2.67. The smallest absolute Gasteiger partial charge is 0.128 e. The third-order valence-electron chi connectivity index (χ3n) is 2.45. The van der Waals surface area contributed by atoms with E-state index < -0.39 is 0 Å². The van der Waals surface area contributed by atoms with E-state index in [1.54, 1.807) is 16.9 Å². The third kappa shape index (κ3) is 2.28. The van der Waals surface area contributed by atoms with Crippen LogP contribution in [-0.4, -0.2) is 9.78 Å². The Hall–Kier alpha value is -1.68. The summed E-state index contributed by atoms with van der Waals surface area (Å²) in [6.07, 6.45) is 3.64. The summed E-state index contributed by atoms with van der Waals surface area (Å²) in [5, 5.41) is 4.12. The van der Waals surface area contributed by atoms with E-state index in [0.29, 0.717) is 18.7 Å². The van der Waals surface area contributed by atoms with Crippen molar-refractivity contribution in [1.29, 1.82) is 0 Å². The van der Waals surface area contributed by atoms with Gasteiger partial charge < -0.3 is 5.73 Å². The summed E-state index contributed by atoms with van der Waals surface area (Å²) < 4.78 is 15.4.